The van der Waals surface area contributed by atoms with Gasteiger partial charge in [0.1, 0.15) is 5.54 Å². The van der Waals surface area contributed by atoms with Gasteiger partial charge in [0.2, 0.25) is 0 Å². The van der Waals surface area contributed by atoms with E-state index in [4.69, 9.17) is 0 Å². The predicted molar refractivity (Wildman–Crippen MR) is 142 cm³/mol. The molecular weight excluding hydrogens is 452 g/mol. The van der Waals surface area contributed by atoms with Gasteiger partial charge in [0.05, 0.1) is 6.04 Å². The second-order valence-electron chi connectivity index (χ2n) is 12.7. The standard InChI is InChI=1S/C29H44N4O3/c1-20(2)19-33-27(36)31(6)26(35)29(33)12-14-32(15-13-29)25(24(34)16-28(3,4)5)23-18-30-17-22(23)21-10-8-7-9-11-21/h7-11,20,22-23,25,30H,12-19H2,1-6H3/t22-,23-,25?/m1/s1. The van der Waals surface area contributed by atoms with Gasteiger partial charge in [-0.15, -0.1) is 0 Å². The van der Waals surface area contributed by atoms with Crippen LogP contribution in [0.15, 0.2) is 30.3 Å². The third-order valence-electron chi connectivity index (χ3n) is 8.23. The summed E-state index contributed by atoms with van der Waals surface area (Å²) in [7, 11) is 1.60. The Balaban J connectivity index is 1.60. The molecule has 1 aromatic carbocycles. The van der Waals surface area contributed by atoms with Crippen molar-refractivity contribution in [1.29, 1.82) is 0 Å². The van der Waals surface area contributed by atoms with E-state index in [9.17, 15) is 14.4 Å². The Bertz CT molecular complexity index is 962. The van der Waals surface area contributed by atoms with Crippen LogP contribution in [-0.2, 0) is 9.59 Å². The van der Waals surface area contributed by atoms with Crippen LogP contribution >= 0.6 is 0 Å². The molecule has 3 saturated heterocycles. The number of hydrogen-bond acceptors (Lipinski definition) is 5. The van der Waals surface area contributed by atoms with E-state index in [1.165, 1.54) is 10.5 Å². The van der Waals surface area contributed by atoms with Crippen LogP contribution in [0.4, 0.5) is 4.79 Å². The number of piperidine rings is 1. The van der Waals surface area contributed by atoms with E-state index in [0.29, 0.717) is 38.9 Å². The zero-order chi connectivity index (χ0) is 26.3. The molecule has 7 nitrogen and oxygen atoms in total. The normalized spacial score (nSPS) is 25.9. The lowest BCUT2D eigenvalue weighted by Gasteiger charge is -2.46. The highest BCUT2D eigenvalue weighted by Crippen LogP contribution is 2.41. The monoisotopic (exact) mass is 496 g/mol. The zero-order valence-corrected chi connectivity index (χ0v) is 22.9. The number of likely N-dealkylation sites (N-methyl/N-ethyl adjacent to an activating group) is 1. The summed E-state index contributed by atoms with van der Waals surface area (Å²) in [5.41, 5.74) is 0.401. The van der Waals surface area contributed by atoms with Crippen LogP contribution in [0.2, 0.25) is 0 Å². The van der Waals surface area contributed by atoms with Gasteiger partial charge in [-0.1, -0.05) is 65.0 Å². The number of nitrogens with one attached hydrogen (secondary N) is 1. The fraction of sp³-hybridized carbons (Fsp3) is 0.690. The van der Waals surface area contributed by atoms with Gasteiger partial charge in [-0.25, -0.2) is 4.79 Å². The van der Waals surface area contributed by atoms with Crippen LogP contribution < -0.4 is 5.32 Å². The number of nitrogens with zero attached hydrogens (tertiary/aromatic N) is 3. The summed E-state index contributed by atoms with van der Waals surface area (Å²) in [6, 6.07) is 10.1. The number of carbonyl (C=O) groups is 3. The lowest BCUT2D eigenvalue weighted by Crippen LogP contribution is -2.60. The van der Waals surface area contributed by atoms with Gasteiger partial charge in [-0.2, -0.15) is 0 Å². The van der Waals surface area contributed by atoms with Gasteiger partial charge in [-0.3, -0.25) is 19.4 Å². The van der Waals surface area contributed by atoms with Gasteiger partial charge in [0, 0.05) is 58.0 Å². The van der Waals surface area contributed by atoms with Crippen molar-refractivity contribution < 1.29 is 14.4 Å². The lowest BCUT2D eigenvalue weighted by atomic mass is 9.76. The summed E-state index contributed by atoms with van der Waals surface area (Å²) in [5, 5.41) is 3.56. The number of imide groups is 1. The van der Waals surface area contributed by atoms with Crippen molar-refractivity contribution >= 4 is 17.7 Å². The van der Waals surface area contributed by atoms with Crippen LogP contribution in [0.25, 0.3) is 0 Å². The molecule has 4 rings (SSSR count). The summed E-state index contributed by atoms with van der Waals surface area (Å²) in [6.45, 7) is 14.1. The van der Waals surface area contributed by atoms with Crippen molar-refractivity contribution in [2.45, 2.75) is 71.4 Å². The minimum Gasteiger partial charge on any atom is -0.316 e. The first kappa shape index (κ1) is 26.8. The highest BCUT2D eigenvalue weighted by molar-refractivity contribution is 6.06. The highest BCUT2D eigenvalue weighted by Gasteiger charge is 2.57. The minimum absolute atomic E-state index is 0.0879. The molecule has 36 heavy (non-hydrogen) atoms. The fourth-order valence-corrected chi connectivity index (χ4v) is 6.59. The summed E-state index contributed by atoms with van der Waals surface area (Å²) in [6.07, 6.45) is 1.67. The van der Waals surface area contributed by atoms with Gasteiger partial charge < -0.3 is 10.2 Å². The molecule has 7 heteroatoms. The van der Waals surface area contributed by atoms with Crippen LogP contribution in [0.3, 0.4) is 0 Å². The Labute approximate surface area is 216 Å². The minimum atomic E-state index is -0.781. The number of likely N-dealkylation sites (tertiary alicyclic amines) is 1. The summed E-state index contributed by atoms with van der Waals surface area (Å²) < 4.78 is 0. The number of amides is 3. The van der Waals surface area contributed by atoms with E-state index in [2.05, 4.69) is 69.1 Å². The SMILES string of the molecule is CC(C)CN1C(=O)N(C)C(=O)C12CCN(C(C(=O)CC(C)(C)C)[C@@H]1CNC[C@@H]1c1ccccc1)CC2. The molecule has 0 saturated carbocycles. The Hall–Kier alpha value is -2.25. The molecule has 0 aliphatic carbocycles. The molecule has 0 radical (unpaired) electrons. The Morgan fingerprint density at radius 1 is 1.08 bits per heavy atom. The Morgan fingerprint density at radius 2 is 1.72 bits per heavy atom. The van der Waals surface area contributed by atoms with Gasteiger partial charge in [0.15, 0.2) is 5.78 Å². The second-order valence-corrected chi connectivity index (χ2v) is 12.7. The summed E-state index contributed by atoms with van der Waals surface area (Å²) in [5.74, 6) is 0.925. The van der Waals surface area contributed by atoms with Gasteiger partial charge in [0.25, 0.3) is 5.91 Å². The molecule has 198 valence electrons. The smallest absolute Gasteiger partial charge is 0.316 e. The third-order valence-corrected chi connectivity index (χ3v) is 8.23. The summed E-state index contributed by atoms with van der Waals surface area (Å²) >= 11 is 0. The van der Waals surface area contributed by atoms with Gasteiger partial charge in [-0.05, 0) is 29.7 Å². The van der Waals surface area contributed by atoms with Crippen molar-refractivity contribution in [3.63, 3.8) is 0 Å². The van der Waals surface area contributed by atoms with Crippen molar-refractivity contribution in [2.75, 3.05) is 39.8 Å². The van der Waals surface area contributed by atoms with Crippen molar-refractivity contribution in [3.8, 4) is 0 Å². The maximum Gasteiger partial charge on any atom is 0.327 e. The number of carbonyl (C=O) groups excluding carboxylic acids is 3. The number of hydrogen-bond donors (Lipinski definition) is 1. The zero-order valence-electron chi connectivity index (χ0n) is 22.9. The van der Waals surface area contributed by atoms with Crippen molar-refractivity contribution in [2.24, 2.45) is 17.3 Å². The van der Waals surface area contributed by atoms with Crippen LogP contribution in [0.1, 0.15) is 65.4 Å². The predicted octanol–water partition coefficient (Wildman–Crippen LogP) is 3.75. The maximum absolute atomic E-state index is 13.9. The number of rotatable bonds is 7. The Morgan fingerprint density at radius 3 is 2.31 bits per heavy atom. The van der Waals surface area contributed by atoms with E-state index in [1.54, 1.807) is 7.05 Å². The molecule has 3 atom stereocenters. The molecule has 3 amide bonds. The Kier molecular flexibility index (Phi) is 7.63. The molecule has 1 spiro atoms. The topological polar surface area (TPSA) is 73.0 Å². The number of benzene rings is 1. The molecule has 1 unspecified atom stereocenters. The van der Waals surface area contributed by atoms with Crippen molar-refractivity contribution in [1.82, 2.24) is 20.0 Å². The van der Waals surface area contributed by atoms with E-state index in [1.807, 2.05) is 11.0 Å². The third kappa shape index (κ3) is 5.10. The molecule has 3 aliphatic heterocycles. The number of Topliss-reactive ketones (excluding diaryl/α,β-unsaturated/α-hetero) is 1. The molecule has 3 aliphatic rings. The largest absolute Gasteiger partial charge is 0.327 e. The highest BCUT2D eigenvalue weighted by atomic mass is 16.2. The van der Waals surface area contributed by atoms with Crippen LogP contribution in [0.5, 0.6) is 0 Å². The average molecular weight is 497 g/mol. The summed E-state index contributed by atoms with van der Waals surface area (Å²) in [4.78, 5) is 45.7. The molecule has 0 aromatic heterocycles. The quantitative estimate of drug-likeness (QED) is 0.582. The molecule has 0 bridgehead atoms. The molecule has 3 fully saturated rings. The number of urea groups is 1. The average Bonchev–Trinajstić information content (AvgIpc) is 3.35. The van der Waals surface area contributed by atoms with E-state index >= 15 is 0 Å². The second kappa shape index (κ2) is 10.3. The molecular formula is C29H44N4O3. The van der Waals surface area contributed by atoms with Gasteiger partial charge >= 0.3 is 6.03 Å². The molecule has 1 N–H and O–H groups in total. The molecule has 3 heterocycles. The van der Waals surface area contributed by atoms with Crippen LogP contribution in [0, 0.1) is 17.3 Å². The van der Waals surface area contributed by atoms with E-state index in [0.717, 1.165) is 13.1 Å². The lowest BCUT2D eigenvalue weighted by molar-refractivity contribution is -0.136. The van der Waals surface area contributed by atoms with E-state index in [-0.39, 0.29) is 46.9 Å². The first-order chi connectivity index (χ1) is 16.9. The fourth-order valence-electron chi connectivity index (χ4n) is 6.59. The molecule has 1 aromatic rings. The maximum atomic E-state index is 13.9. The first-order valence-corrected chi connectivity index (χ1v) is 13.6. The first-order valence-electron chi connectivity index (χ1n) is 13.6. The van der Waals surface area contributed by atoms with Crippen molar-refractivity contribution in [3.05, 3.63) is 35.9 Å². The van der Waals surface area contributed by atoms with E-state index < -0.39 is 5.54 Å². The van der Waals surface area contributed by atoms with Crippen LogP contribution in [-0.4, -0.2) is 83.8 Å². The number of ketones is 1.